The van der Waals surface area contributed by atoms with Gasteiger partial charge in [-0.05, 0) is 38.1 Å². The van der Waals surface area contributed by atoms with Gasteiger partial charge in [0.1, 0.15) is 17.1 Å². The third kappa shape index (κ3) is 1.76. The van der Waals surface area contributed by atoms with Gasteiger partial charge in [0, 0.05) is 5.56 Å². The van der Waals surface area contributed by atoms with Crippen LogP contribution in [-0.2, 0) is 4.79 Å². The van der Waals surface area contributed by atoms with Crippen LogP contribution in [0, 0.1) is 0 Å². The van der Waals surface area contributed by atoms with E-state index >= 15 is 0 Å². The molecule has 0 atom stereocenters. The fourth-order valence-electron chi connectivity index (χ4n) is 2.49. The van der Waals surface area contributed by atoms with Gasteiger partial charge in [-0.15, -0.1) is 0 Å². The number of carbonyl (C=O) groups is 1. The van der Waals surface area contributed by atoms with Crippen molar-refractivity contribution in [1.29, 1.82) is 0 Å². The molecule has 2 aliphatic rings. The maximum atomic E-state index is 12.1. The first-order chi connectivity index (χ1) is 8.70. The standard InChI is InChI=1S/C13H15N3O2/c17-10-3-1-2-9(8-10)11-15-12(18)13(16-11)4-6-14-7-5-13/h1-3,8,14,17H,4-7H2,(H,15,16,18). The van der Waals surface area contributed by atoms with Crippen molar-refractivity contribution in [3.05, 3.63) is 29.8 Å². The van der Waals surface area contributed by atoms with E-state index in [2.05, 4.69) is 15.6 Å². The van der Waals surface area contributed by atoms with Crippen molar-refractivity contribution in [2.24, 2.45) is 4.99 Å². The largest absolute Gasteiger partial charge is 0.508 e. The Morgan fingerprint density at radius 1 is 1.28 bits per heavy atom. The Kier molecular flexibility index (Phi) is 2.56. The van der Waals surface area contributed by atoms with Crippen molar-refractivity contribution in [3.8, 4) is 5.75 Å². The maximum Gasteiger partial charge on any atom is 0.253 e. The summed E-state index contributed by atoms with van der Waals surface area (Å²) in [5.41, 5.74) is 0.144. The zero-order valence-corrected chi connectivity index (χ0v) is 9.94. The minimum absolute atomic E-state index is 0.0256. The number of nitrogens with zero attached hydrogens (tertiary/aromatic N) is 1. The first-order valence-corrected chi connectivity index (χ1v) is 6.11. The Balaban J connectivity index is 1.95. The Hall–Kier alpha value is -1.88. The molecule has 2 aliphatic heterocycles. The van der Waals surface area contributed by atoms with Crippen molar-refractivity contribution in [2.75, 3.05) is 13.1 Å². The molecule has 1 fully saturated rings. The van der Waals surface area contributed by atoms with Gasteiger partial charge in [-0.2, -0.15) is 0 Å². The number of hydrogen-bond acceptors (Lipinski definition) is 4. The molecule has 94 valence electrons. The number of carbonyl (C=O) groups excluding carboxylic acids is 1. The molecule has 1 aromatic carbocycles. The number of aliphatic imine (C=N–C) groups is 1. The van der Waals surface area contributed by atoms with Crippen LogP contribution in [0.25, 0.3) is 0 Å². The average Bonchev–Trinajstić information content (AvgIpc) is 2.68. The Bertz CT molecular complexity index is 519. The van der Waals surface area contributed by atoms with Gasteiger partial charge in [0.2, 0.25) is 0 Å². The summed E-state index contributed by atoms with van der Waals surface area (Å²) in [6.07, 6.45) is 1.45. The first-order valence-electron chi connectivity index (χ1n) is 6.11. The van der Waals surface area contributed by atoms with Crippen molar-refractivity contribution in [3.63, 3.8) is 0 Å². The lowest BCUT2D eigenvalue weighted by Gasteiger charge is -2.28. The molecule has 1 spiro atoms. The second-order valence-electron chi connectivity index (χ2n) is 4.75. The number of piperidine rings is 1. The topological polar surface area (TPSA) is 73.7 Å². The van der Waals surface area contributed by atoms with E-state index in [0.29, 0.717) is 5.84 Å². The summed E-state index contributed by atoms with van der Waals surface area (Å²) in [5, 5.41) is 15.5. The number of hydrogen-bond donors (Lipinski definition) is 3. The molecule has 18 heavy (non-hydrogen) atoms. The molecule has 1 saturated heterocycles. The highest BCUT2D eigenvalue weighted by atomic mass is 16.3. The van der Waals surface area contributed by atoms with Gasteiger partial charge < -0.3 is 15.7 Å². The predicted octanol–water partition coefficient (Wildman–Crippen LogP) is 0.391. The Morgan fingerprint density at radius 3 is 2.78 bits per heavy atom. The third-order valence-corrected chi connectivity index (χ3v) is 3.53. The van der Waals surface area contributed by atoms with Crippen LogP contribution in [0.5, 0.6) is 5.75 Å². The minimum Gasteiger partial charge on any atom is -0.508 e. The predicted molar refractivity (Wildman–Crippen MR) is 67.6 cm³/mol. The summed E-state index contributed by atoms with van der Waals surface area (Å²) in [7, 11) is 0. The number of benzene rings is 1. The average molecular weight is 245 g/mol. The minimum atomic E-state index is -0.605. The second-order valence-corrected chi connectivity index (χ2v) is 4.75. The van der Waals surface area contributed by atoms with Crippen LogP contribution in [0.3, 0.4) is 0 Å². The highest BCUT2D eigenvalue weighted by Gasteiger charge is 2.44. The molecule has 3 rings (SSSR count). The first kappa shape index (κ1) is 11.2. The molecular weight excluding hydrogens is 230 g/mol. The van der Waals surface area contributed by atoms with Crippen molar-refractivity contribution >= 4 is 11.7 Å². The van der Waals surface area contributed by atoms with Gasteiger partial charge in [0.15, 0.2) is 0 Å². The molecule has 0 bridgehead atoms. The molecule has 1 amide bonds. The van der Waals surface area contributed by atoms with Gasteiger partial charge in [0.25, 0.3) is 5.91 Å². The zero-order chi connectivity index (χ0) is 12.6. The summed E-state index contributed by atoms with van der Waals surface area (Å²) in [6.45, 7) is 1.62. The molecule has 2 heterocycles. The summed E-state index contributed by atoms with van der Waals surface area (Å²) in [6, 6.07) is 6.78. The SMILES string of the molecule is O=C1NC(c2cccc(O)c2)=NC12CCNCC2. The molecule has 5 heteroatoms. The third-order valence-electron chi connectivity index (χ3n) is 3.53. The molecule has 0 aromatic heterocycles. The summed E-state index contributed by atoms with van der Waals surface area (Å²) >= 11 is 0. The highest BCUT2D eigenvalue weighted by molar-refractivity contribution is 6.15. The number of phenolic OH excluding ortho intramolecular Hbond substituents is 1. The molecule has 5 nitrogen and oxygen atoms in total. The van der Waals surface area contributed by atoms with E-state index < -0.39 is 5.54 Å². The molecular formula is C13H15N3O2. The lowest BCUT2D eigenvalue weighted by Crippen LogP contribution is -2.47. The van der Waals surface area contributed by atoms with Crippen LogP contribution < -0.4 is 10.6 Å². The van der Waals surface area contributed by atoms with Crippen molar-refractivity contribution < 1.29 is 9.90 Å². The summed E-state index contributed by atoms with van der Waals surface area (Å²) in [5.74, 6) is 0.718. The second kappa shape index (κ2) is 4.10. The van der Waals surface area contributed by atoms with Crippen molar-refractivity contribution in [2.45, 2.75) is 18.4 Å². The lowest BCUT2D eigenvalue weighted by atomic mass is 9.89. The summed E-state index contributed by atoms with van der Waals surface area (Å²) < 4.78 is 0. The number of phenols is 1. The van der Waals surface area contributed by atoms with Gasteiger partial charge in [-0.3, -0.25) is 9.79 Å². The van der Waals surface area contributed by atoms with E-state index in [9.17, 15) is 9.90 Å². The van der Waals surface area contributed by atoms with Gasteiger partial charge in [-0.25, -0.2) is 0 Å². The molecule has 3 N–H and O–H groups in total. The number of amides is 1. The normalized spacial score (nSPS) is 21.8. The van der Waals surface area contributed by atoms with Gasteiger partial charge in [-0.1, -0.05) is 12.1 Å². The fraction of sp³-hybridized carbons (Fsp3) is 0.385. The van der Waals surface area contributed by atoms with Crippen LogP contribution in [0.1, 0.15) is 18.4 Å². The smallest absolute Gasteiger partial charge is 0.253 e. The molecule has 0 radical (unpaired) electrons. The van der Waals surface area contributed by atoms with E-state index in [1.165, 1.54) is 0 Å². The number of rotatable bonds is 1. The Morgan fingerprint density at radius 2 is 2.06 bits per heavy atom. The van der Waals surface area contributed by atoms with Crippen molar-refractivity contribution in [1.82, 2.24) is 10.6 Å². The molecule has 0 aliphatic carbocycles. The van der Waals surface area contributed by atoms with Crippen LogP contribution in [0.15, 0.2) is 29.3 Å². The van der Waals surface area contributed by atoms with E-state index in [4.69, 9.17) is 0 Å². The fourth-order valence-corrected chi connectivity index (χ4v) is 2.49. The van der Waals surface area contributed by atoms with Crippen LogP contribution in [0.4, 0.5) is 0 Å². The van der Waals surface area contributed by atoms with E-state index in [0.717, 1.165) is 31.5 Å². The van der Waals surface area contributed by atoms with Gasteiger partial charge >= 0.3 is 0 Å². The van der Waals surface area contributed by atoms with E-state index in [1.807, 2.05) is 6.07 Å². The van der Waals surface area contributed by atoms with Gasteiger partial charge in [0.05, 0.1) is 0 Å². The zero-order valence-electron chi connectivity index (χ0n) is 9.94. The summed E-state index contributed by atoms with van der Waals surface area (Å²) in [4.78, 5) is 16.7. The van der Waals surface area contributed by atoms with E-state index in [-0.39, 0.29) is 11.7 Å². The maximum absolute atomic E-state index is 12.1. The number of aromatic hydroxyl groups is 1. The highest BCUT2D eigenvalue weighted by Crippen LogP contribution is 2.28. The van der Waals surface area contributed by atoms with Crippen LogP contribution in [-0.4, -0.2) is 35.5 Å². The number of amidine groups is 1. The lowest BCUT2D eigenvalue weighted by molar-refractivity contribution is -0.124. The van der Waals surface area contributed by atoms with Crippen LogP contribution in [0.2, 0.25) is 0 Å². The molecule has 0 saturated carbocycles. The Labute approximate surface area is 105 Å². The van der Waals surface area contributed by atoms with E-state index in [1.54, 1.807) is 18.2 Å². The van der Waals surface area contributed by atoms with Crippen LogP contribution >= 0.6 is 0 Å². The number of nitrogens with one attached hydrogen (secondary N) is 2. The molecule has 1 aromatic rings. The monoisotopic (exact) mass is 245 g/mol. The quantitative estimate of drug-likeness (QED) is 0.670. The molecule has 0 unspecified atom stereocenters.